The largest absolute Gasteiger partial charge is 0.491 e. The number of halogens is 2. The highest BCUT2D eigenvalue weighted by Gasteiger charge is 2.13. The molecular formula is C26H24BrClN2O3. The molecule has 0 saturated carbocycles. The predicted molar refractivity (Wildman–Crippen MR) is 136 cm³/mol. The molecule has 170 valence electrons. The average molecular weight is 528 g/mol. The van der Waals surface area contributed by atoms with E-state index < -0.39 is 0 Å². The Balaban J connectivity index is 1.46. The number of benzene rings is 3. The Kier molecular flexibility index (Phi) is 7.48. The lowest BCUT2D eigenvalue weighted by Gasteiger charge is -2.15. The van der Waals surface area contributed by atoms with Gasteiger partial charge >= 0.3 is 0 Å². The third-order valence-electron chi connectivity index (χ3n) is 5.32. The second kappa shape index (κ2) is 10.5. The summed E-state index contributed by atoms with van der Waals surface area (Å²) in [7, 11) is 0. The van der Waals surface area contributed by atoms with Crippen molar-refractivity contribution in [2.45, 2.75) is 20.4 Å². The quantitative estimate of drug-likeness (QED) is 0.256. The van der Waals surface area contributed by atoms with Crippen molar-refractivity contribution in [3.63, 3.8) is 0 Å². The van der Waals surface area contributed by atoms with Crippen molar-refractivity contribution in [3.05, 3.63) is 91.6 Å². The van der Waals surface area contributed by atoms with E-state index in [1.54, 1.807) is 22.8 Å². The number of nitrogens with zero attached hydrogens (tertiary/aromatic N) is 2. The number of rotatable bonds is 8. The molecule has 0 N–H and O–H groups in total. The predicted octanol–water partition coefficient (Wildman–Crippen LogP) is 6.19. The molecule has 0 spiro atoms. The Morgan fingerprint density at radius 2 is 1.67 bits per heavy atom. The van der Waals surface area contributed by atoms with Crippen LogP contribution in [0, 0.1) is 13.8 Å². The van der Waals surface area contributed by atoms with Gasteiger partial charge in [-0.3, -0.25) is 9.36 Å². The molecule has 1 heterocycles. The lowest BCUT2D eigenvalue weighted by Crippen LogP contribution is -2.26. The number of hydrogen-bond acceptors (Lipinski definition) is 4. The van der Waals surface area contributed by atoms with Crippen LogP contribution in [-0.2, 0) is 11.3 Å². The summed E-state index contributed by atoms with van der Waals surface area (Å²) in [5, 5.41) is 1.22. The Morgan fingerprint density at radius 1 is 0.970 bits per heavy atom. The zero-order valence-electron chi connectivity index (χ0n) is 18.5. The summed E-state index contributed by atoms with van der Waals surface area (Å²) in [6.45, 7) is 5.63. The van der Waals surface area contributed by atoms with Crippen molar-refractivity contribution >= 4 is 38.4 Å². The summed E-state index contributed by atoms with van der Waals surface area (Å²) >= 11 is 9.54. The number of aromatic nitrogens is 2. The van der Waals surface area contributed by atoms with Gasteiger partial charge in [-0.1, -0.05) is 39.7 Å². The smallest absolute Gasteiger partial charge is 0.261 e. The summed E-state index contributed by atoms with van der Waals surface area (Å²) in [6, 6.07) is 18.7. The highest BCUT2D eigenvalue weighted by Crippen LogP contribution is 2.27. The van der Waals surface area contributed by atoms with Crippen LogP contribution >= 0.6 is 27.5 Å². The normalized spacial score (nSPS) is 11.2. The molecule has 7 heteroatoms. The molecule has 0 aliphatic heterocycles. The first-order valence-electron chi connectivity index (χ1n) is 10.7. The van der Waals surface area contributed by atoms with E-state index in [2.05, 4.69) is 15.9 Å². The molecule has 0 atom stereocenters. The zero-order valence-corrected chi connectivity index (χ0v) is 20.8. The number of fused-ring (bicyclic) bond motifs is 1. The van der Waals surface area contributed by atoms with Gasteiger partial charge in [-0.25, -0.2) is 4.98 Å². The van der Waals surface area contributed by atoms with E-state index in [9.17, 15) is 4.79 Å². The Bertz CT molecular complexity index is 1310. The van der Waals surface area contributed by atoms with Gasteiger partial charge < -0.3 is 9.47 Å². The fourth-order valence-electron chi connectivity index (χ4n) is 3.78. The third-order valence-corrected chi connectivity index (χ3v) is 6.03. The third kappa shape index (κ3) is 5.46. The van der Waals surface area contributed by atoms with Crippen LogP contribution in [0.3, 0.4) is 0 Å². The maximum Gasteiger partial charge on any atom is 0.261 e. The molecule has 4 rings (SSSR count). The van der Waals surface area contributed by atoms with Crippen molar-refractivity contribution in [2.24, 2.45) is 0 Å². The molecule has 0 radical (unpaired) electrons. The van der Waals surface area contributed by atoms with E-state index in [4.69, 9.17) is 26.1 Å². The van der Waals surface area contributed by atoms with Crippen molar-refractivity contribution < 1.29 is 9.47 Å². The van der Waals surface area contributed by atoms with E-state index in [-0.39, 0.29) is 5.56 Å². The molecule has 0 amide bonds. The molecule has 0 aliphatic carbocycles. The first-order chi connectivity index (χ1) is 15.9. The van der Waals surface area contributed by atoms with Crippen LogP contribution in [0.1, 0.15) is 11.1 Å². The van der Waals surface area contributed by atoms with E-state index in [0.717, 1.165) is 26.9 Å². The van der Waals surface area contributed by atoms with Crippen LogP contribution in [-0.4, -0.2) is 29.4 Å². The Morgan fingerprint density at radius 3 is 2.39 bits per heavy atom. The van der Waals surface area contributed by atoms with Crippen molar-refractivity contribution in [1.29, 1.82) is 0 Å². The van der Waals surface area contributed by atoms with Crippen molar-refractivity contribution in [2.75, 3.05) is 19.8 Å². The molecule has 0 unspecified atom stereocenters. The van der Waals surface area contributed by atoms with Gasteiger partial charge in [0.1, 0.15) is 18.2 Å². The van der Waals surface area contributed by atoms with E-state index in [1.165, 1.54) is 0 Å². The second-order valence-corrected chi connectivity index (χ2v) is 9.10. The molecule has 3 aromatic carbocycles. The zero-order chi connectivity index (χ0) is 23.4. The van der Waals surface area contributed by atoms with E-state index >= 15 is 0 Å². The maximum atomic E-state index is 13.2. The minimum Gasteiger partial charge on any atom is -0.491 e. The monoisotopic (exact) mass is 526 g/mol. The molecule has 4 aromatic rings. The van der Waals surface area contributed by atoms with Crippen molar-refractivity contribution in [3.8, 4) is 17.1 Å². The van der Waals surface area contributed by atoms with Gasteiger partial charge in [0, 0.05) is 15.1 Å². The van der Waals surface area contributed by atoms with Gasteiger partial charge in [-0.15, -0.1) is 0 Å². The van der Waals surface area contributed by atoms with Gasteiger partial charge in [-0.2, -0.15) is 0 Å². The Hall–Kier alpha value is -2.67. The number of ether oxygens (including phenoxy) is 2. The summed E-state index contributed by atoms with van der Waals surface area (Å²) in [6.07, 6.45) is 0. The summed E-state index contributed by atoms with van der Waals surface area (Å²) < 4.78 is 14.4. The lowest BCUT2D eigenvalue weighted by atomic mass is 10.1. The van der Waals surface area contributed by atoms with Gasteiger partial charge in [0.25, 0.3) is 5.56 Å². The van der Waals surface area contributed by atoms with Gasteiger partial charge in [0.2, 0.25) is 0 Å². The number of para-hydroxylation sites is 1. The molecule has 1 aromatic heterocycles. The summed E-state index contributed by atoms with van der Waals surface area (Å²) in [5.41, 5.74) is 3.54. The van der Waals surface area contributed by atoms with Crippen LogP contribution in [0.15, 0.2) is 69.9 Å². The molecular weight excluding hydrogens is 504 g/mol. The fourth-order valence-corrected chi connectivity index (χ4v) is 4.59. The SMILES string of the molecule is Cc1cc(Br)cc(C)c1OCCOCCn1c(-c2ccc(Cl)cc2)nc2ccccc2c1=O. The van der Waals surface area contributed by atoms with Crippen LogP contribution in [0.4, 0.5) is 0 Å². The lowest BCUT2D eigenvalue weighted by molar-refractivity contribution is 0.0936. The summed E-state index contributed by atoms with van der Waals surface area (Å²) in [5.74, 6) is 1.47. The van der Waals surface area contributed by atoms with Crippen LogP contribution in [0.2, 0.25) is 5.02 Å². The highest BCUT2D eigenvalue weighted by atomic mass is 79.9. The Labute approximate surface area is 206 Å². The van der Waals surface area contributed by atoms with Crippen LogP contribution in [0.25, 0.3) is 22.3 Å². The molecule has 33 heavy (non-hydrogen) atoms. The van der Waals surface area contributed by atoms with E-state index in [0.29, 0.717) is 48.1 Å². The second-order valence-electron chi connectivity index (χ2n) is 7.75. The van der Waals surface area contributed by atoms with Gasteiger partial charge in [-0.05, 0) is 73.5 Å². The van der Waals surface area contributed by atoms with E-state index in [1.807, 2.05) is 56.3 Å². The minimum atomic E-state index is -0.0912. The first-order valence-corrected chi connectivity index (χ1v) is 11.8. The first kappa shape index (κ1) is 23.5. The van der Waals surface area contributed by atoms with Crippen molar-refractivity contribution in [1.82, 2.24) is 9.55 Å². The number of aryl methyl sites for hydroxylation is 2. The summed E-state index contributed by atoms with van der Waals surface area (Å²) in [4.78, 5) is 18.0. The average Bonchev–Trinajstić information content (AvgIpc) is 2.79. The number of hydrogen-bond donors (Lipinski definition) is 0. The van der Waals surface area contributed by atoms with Crippen LogP contribution < -0.4 is 10.3 Å². The van der Waals surface area contributed by atoms with Crippen LogP contribution in [0.5, 0.6) is 5.75 Å². The molecule has 0 saturated heterocycles. The highest BCUT2D eigenvalue weighted by molar-refractivity contribution is 9.10. The fraction of sp³-hybridized carbons (Fsp3) is 0.231. The van der Waals surface area contributed by atoms with Gasteiger partial charge in [0.05, 0.1) is 30.7 Å². The van der Waals surface area contributed by atoms with Gasteiger partial charge in [0.15, 0.2) is 0 Å². The molecule has 0 bridgehead atoms. The minimum absolute atomic E-state index is 0.0912. The molecule has 0 aliphatic rings. The molecule has 5 nitrogen and oxygen atoms in total. The standard InChI is InChI=1S/C26H24BrClN2O3/c1-17-15-20(27)16-18(2)24(17)33-14-13-32-12-11-30-25(19-7-9-21(28)10-8-19)29-23-6-4-3-5-22(23)26(30)31/h3-10,15-16H,11-14H2,1-2H3. The maximum absolute atomic E-state index is 13.2. The molecule has 0 fully saturated rings. The topological polar surface area (TPSA) is 53.4 Å².